The zero-order valence-electron chi connectivity index (χ0n) is 10.2. The number of hydrogen-bond acceptors (Lipinski definition) is 2. The number of imidazole rings is 1. The predicted octanol–water partition coefficient (Wildman–Crippen LogP) is 3.76. The minimum atomic E-state index is 0.458. The van der Waals surface area contributed by atoms with E-state index in [0.717, 1.165) is 27.5 Å². The predicted molar refractivity (Wildman–Crippen MR) is 71.7 cm³/mol. The fourth-order valence-electron chi connectivity index (χ4n) is 2.61. The first-order valence-electron chi connectivity index (χ1n) is 6.24. The summed E-state index contributed by atoms with van der Waals surface area (Å²) in [5.41, 5.74) is 3.10. The molecule has 0 bridgehead atoms. The topological polar surface area (TPSA) is 33.6 Å². The molecule has 0 saturated heterocycles. The van der Waals surface area contributed by atoms with Crippen LogP contribution in [0.1, 0.15) is 37.9 Å². The summed E-state index contributed by atoms with van der Waals surface area (Å²) in [5.74, 6) is 0.767. The van der Waals surface area contributed by atoms with Gasteiger partial charge in [-0.05, 0) is 57.0 Å². The second kappa shape index (κ2) is 3.95. The summed E-state index contributed by atoms with van der Waals surface area (Å²) in [7, 11) is 0. The van der Waals surface area contributed by atoms with Crippen molar-refractivity contribution in [3.63, 3.8) is 0 Å². The average Bonchev–Trinajstić information content (AvgIpc) is 2.50. The molecule has 0 amide bonds. The third-order valence-corrected chi connectivity index (χ3v) is 4.24. The van der Waals surface area contributed by atoms with Gasteiger partial charge in [-0.2, -0.15) is 0 Å². The quantitative estimate of drug-likeness (QED) is 0.820. The summed E-state index contributed by atoms with van der Waals surface area (Å²) >= 11 is 5.43. The molecular formula is C13H17N3S. The summed E-state index contributed by atoms with van der Waals surface area (Å²) in [6.07, 6.45) is 4.00. The highest BCUT2D eigenvalue weighted by Crippen LogP contribution is 2.37. The molecule has 1 aliphatic carbocycles. The van der Waals surface area contributed by atoms with Crippen LogP contribution < -0.4 is 0 Å². The lowest BCUT2D eigenvalue weighted by atomic mass is 9.80. The van der Waals surface area contributed by atoms with Crippen LogP contribution in [0.4, 0.5) is 0 Å². The van der Waals surface area contributed by atoms with Crippen LogP contribution >= 0.6 is 12.2 Å². The molecule has 90 valence electrons. The van der Waals surface area contributed by atoms with Gasteiger partial charge in [0.15, 0.2) is 10.4 Å². The van der Waals surface area contributed by atoms with E-state index in [1.54, 1.807) is 0 Å². The van der Waals surface area contributed by atoms with Gasteiger partial charge in [-0.3, -0.25) is 4.57 Å². The number of aromatic amines is 1. The van der Waals surface area contributed by atoms with E-state index in [0.29, 0.717) is 6.04 Å². The molecule has 1 atom stereocenters. The van der Waals surface area contributed by atoms with E-state index >= 15 is 0 Å². The van der Waals surface area contributed by atoms with Gasteiger partial charge in [0, 0.05) is 11.7 Å². The number of pyridine rings is 1. The monoisotopic (exact) mass is 247 g/mol. The number of rotatable bonds is 2. The Morgan fingerprint density at radius 2 is 2.24 bits per heavy atom. The van der Waals surface area contributed by atoms with Crippen LogP contribution in [-0.4, -0.2) is 14.5 Å². The number of aryl methyl sites for hydroxylation is 1. The molecule has 0 aliphatic heterocycles. The number of nitrogens with zero attached hydrogens (tertiary/aromatic N) is 2. The van der Waals surface area contributed by atoms with Crippen molar-refractivity contribution in [3.05, 3.63) is 22.6 Å². The van der Waals surface area contributed by atoms with Gasteiger partial charge < -0.3 is 4.98 Å². The number of fused-ring (bicyclic) bond motifs is 1. The van der Waals surface area contributed by atoms with E-state index in [2.05, 4.69) is 27.5 Å². The Hall–Kier alpha value is -1.16. The van der Waals surface area contributed by atoms with Crippen LogP contribution in [-0.2, 0) is 0 Å². The van der Waals surface area contributed by atoms with Gasteiger partial charge in [0.25, 0.3) is 0 Å². The van der Waals surface area contributed by atoms with Crippen LogP contribution in [0.2, 0.25) is 0 Å². The van der Waals surface area contributed by atoms with Gasteiger partial charge in [0.1, 0.15) is 0 Å². The van der Waals surface area contributed by atoms with Gasteiger partial charge in [-0.15, -0.1) is 0 Å². The molecular weight excluding hydrogens is 230 g/mol. The average molecular weight is 247 g/mol. The zero-order valence-corrected chi connectivity index (χ0v) is 11.0. The minimum Gasteiger partial charge on any atom is -0.329 e. The SMILES string of the molecule is Cc1ccc2[nH]c(=S)n(C(C)C3CCC3)c2n1. The fourth-order valence-corrected chi connectivity index (χ4v) is 2.97. The van der Waals surface area contributed by atoms with Crippen molar-refractivity contribution in [2.24, 2.45) is 5.92 Å². The van der Waals surface area contributed by atoms with Gasteiger partial charge in [0.05, 0.1) is 5.52 Å². The van der Waals surface area contributed by atoms with Crippen molar-refractivity contribution in [1.29, 1.82) is 0 Å². The maximum absolute atomic E-state index is 5.43. The summed E-state index contributed by atoms with van der Waals surface area (Å²) in [5, 5.41) is 0. The lowest BCUT2D eigenvalue weighted by molar-refractivity contribution is 0.224. The lowest BCUT2D eigenvalue weighted by Crippen LogP contribution is -2.23. The number of nitrogens with one attached hydrogen (secondary N) is 1. The maximum atomic E-state index is 5.43. The van der Waals surface area contributed by atoms with Gasteiger partial charge >= 0.3 is 0 Å². The van der Waals surface area contributed by atoms with Gasteiger partial charge in [-0.25, -0.2) is 4.98 Å². The Bertz CT molecular complexity index is 607. The van der Waals surface area contributed by atoms with Crippen LogP contribution in [0.25, 0.3) is 11.2 Å². The molecule has 0 aromatic carbocycles. The van der Waals surface area contributed by atoms with Crippen LogP contribution in [0.3, 0.4) is 0 Å². The summed E-state index contributed by atoms with van der Waals surface area (Å²) in [6.45, 7) is 4.28. The van der Waals surface area contributed by atoms with Crippen LogP contribution in [0, 0.1) is 17.6 Å². The van der Waals surface area contributed by atoms with Crippen molar-refractivity contribution < 1.29 is 0 Å². The largest absolute Gasteiger partial charge is 0.329 e. The van der Waals surface area contributed by atoms with E-state index in [4.69, 9.17) is 12.2 Å². The molecule has 2 aromatic rings. The summed E-state index contributed by atoms with van der Waals surface area (Å²) < 4.78 is 3.00. The van der Waals surface area contributed by atoms with Gasteiger partial charge in [-0.1, -0.05) is 6.42 Å². The van der Waals surface area contributed by atoms with Crippen molar-refractivity contribution in [1.82, 2.24) is 14.5 Å². The molecule has 17 heavy (non-hydrogen) atoms. The Labute approximate surface area is 106 Å². The van der Waals surface area contributed by atoms with E-state index in [1.165, 1.54) is 19.3 Å². The molecule has 1 N–H and O–H groups in total. The molecule has 2 heterocycles. The Balaban J connectivity index is 2.16. The molecule has 0 spiro atoms. The highest BCUT2D eigenvalue weighted by Gasteiger charge is 2.26. The first kappa shape index (κ1) is 11.0. The number of aromatic nitrogens is 3. The fraction of sp³-hybridized carbons (Fsp3) is 0.538. The highest BCUT2D eigenvalue weighted by atomic mass is 32.1. The van der Waals surface area contributed by atoms with E-state index in [1.807, 2.05) is 13.0 Å². The van der Waals surface area contributed by atoms with Crippen molar-refractivity contribution in [3.8, 4) is 0 Å². The molecule has 0 radical (unpaired) electrons. The van der Waals surface area contributed by atoms with E-state index < -0.39 is 0 Å². The molecule has 1 fully saturated rings. The molecule has 1 unspecified atom stereocenters. The first-order chi connectivity index (χ1) is 8.16. The van der Waals surface area contributed by atoms with Crippen molar-refractivity contribution >= 4 is 23.4 Å². The highest BCUT2D eigenvalue weighted by molar-refractivity contribution is 7.71. The van der Waals surface area contributed by atoms with E-state index in [-0.39, 0.29) is 0 Å². The third kappa shape index (κ3) is 1.71. The van der Waals surface area contributed by atoms with Crippen molar-refractivity contribution in [2.45, 2.75) is 39.2 Å². The second-order valence-electron chi connectivity index (χ2n) is 5.06. The van der Waals surface area contributed by atoms with Crippen LogP contribution in [0.5, 0.6) is 0 Å². The zero-order chi connectivity index (χ0) is 12.0. The molecule has 2 aromatic heterocycles. The van der Waals surface area contributed by atoms with Crippen molar-refractivity contribution in [2.75, 3.05) is 0 Å². The minimum absolute atomic E-state index is 0.458. The maximum Gasteiger partial charge on any atom is 0.179 e. The Morgan fingerprint density at radius 1 is 1.47 bits per heavy atom. The molecule has 3 rings (SSSR count). The Morgan fingerprint density at radius 3 is 2.88 bits per heavy atom. The Kier molecular flexibility index (Phi) is 2.54. The smallest absolute Gasteiger partial charge is 0.179 e. The lowest BCUT2D eigenvalue weighted by Gasteiger charge is -2.32. The standard InChI is InChI=1S/C13H17N3S/c1-8-6-7-11-12(14-8)16(13(17)15-11)9(2)10-4-3-5-10/h6-7,9-10H,3-5H2,1-2H3,(H,15,17). The molecule has 3 nitrogen and oxygen atoms in total. The van der Waals surface area contributed by atoms with E-state index in [9.17, 15) is 0 Å². The third-order valence-electron chi connectivity index (χ3n) is 3.94. The summed E-state index contributed by atoms with van der Waals surface area (Å²) in [4.78, 5) is 7.88. The van der Waals surface area contributed by atoms with Crippen LogP contribution in [0.15, 0.2) is 12.1 Å². The molecule has 1 aliphatic rings. The molecule has 1 saturated carbocycles. The molecule has 4 heteroatoms. The first-order valence-corrected chi connectivity index (χ1v) is 6.65. The van der Waals surface area contributed by atoms with Gasteiger partial charge in [0.2, 0.25) is 0 Å². The number of H-pyrrole nitrogens is 1. The summed E-state index contributed by atoms with van der Waals surface area (Å²) in [6, 6.07) is 4.54. The number of hydrogen-bond donors (Lipinski definition) is 1. The second-order valence-corrected chi connectivity index (χ2v) is 5.44. The normalized spacial score (nSPS) is 18.2.